The summed E-state index contributed by atoms with van der Waals surface area (Å²) in [4.78, 5) is 48.3. The smallest absolute Gasteiger partial charge is 0.221 e. The van der Waals surface area contributed by atoms with E-state index in [4.69, 9.17) is 60.6 Å². The average molecular weight is 695 g/mol. The first-order valence-corrected chi connectivity index (χ1v) is 17.2. The van der Waals surface area contributed by atoms with E-state index >= 15 is 0 Å². The summed E-state index contributed by atoms with van der Waals surface area (Å²) in [6, 6.07) is 0. The molecule has 0 heterocycles. The lowest BCUT2D eigenvalue weighted by Crippen LogP contribution is -2.41. The largest absolute Gasteiger partial charge is 0.380 e. The summed E-state index contributed by atoms with van der Waals surface area (Å²) in [6.45, 7) is 8.54. The third-order valence-corrected chi connectivity index (χ3v) is 7.36. The quantitative estimate of drug-likeness (QED) is 0.106. The van der Waals surface area contributed by atoms with Gasteiger partial charge < -0.3 is 24.8 Å². The number of nitrogens with one attached hydrogen (secondary N) is 2. The molecule has 0 aromatic heterocycles. The molecule has 3 atom stereocenters. The molecule has 252 valence electrons. The van der Waals surface area contributed by atoms with E-state index in [0.29, 0.717) is 58.1 Å². The Bertz CT molecular complexity index is 708. The number of rotatable bonds is 29. The van der Waals surface area contributed by atoms with Crippen molar-refractivity contribution in [2.45, 2.75) is 65.7 Å². The van der Waals surface area contributed by atoms with Crippen LogP contribution in [0.15, 0.2) is 0 Å². The van der Waals surface area contributed by atoms with Crippen LogP contribution in [-0.4, -0.2) is 99.6 Å². The molecule has 13 heteroatoms. The van der Waals surface area contributed by atoms with Gasteiger partial charge in [0.15, 0.2) is 0 Å². The molecule has 0 fully saturated rings. The number of amides is 2. The molecule has 0 saturated carbocycles. The van der Waals surface area contributed by atoms with Crippen LogP contribution in [0.5, 0.6) is 0 Å². The molecule has 0 rings (SSSR count). The maximum atomic E-state index is 12.9. The molecule has 0 aromatic rings. The van der Waals surface area contributed by atoms with Crippen molar-refractivity contribution in [3.05, 3.63) is 0 Å². The predicted molar refractivity (Wildman–Crippen MR) is 174 cm³/mol. The van der Waals surface area contributed by atoms with Crippen LogP contribution in [0.4, 0.5) is 0 Å². The van der Waals surface area contributed by atoms with Gasteiger partial charge in [0.25, 0.3) is 0 Å². The van der Waals surface area contributed by atoms with Gasteiger partial charge in [0, 0.05) is 87.2 Å². The third-order valence-electron chi connectivity index (χ3n) is 6.61. The van der Waals surface area contributed by atoms with Crippen LogP contribution >= 0.6 is 46.4 Å². The molecule has 2 N–H and O–H groups in total. The van der Waals surface area contributed by atoms with E-state index in [1.54, 1.807) is 0 Å². The lowest BCUT2D eigenvalue weighted by Gasteiger charge is -2.34. The van der Waals surface area contributed by atoms with Crippen molar-refractivity contribution in [3.63, 3.8) is 0 Å². The van der Waals surface area contributed by atoms with E-state index in [2.05, 4.69) is 10.6 Å². The van der Waals surface area contributed by atoms with E-state index in [0.717, 1.165) is 0 Å². The first-order valence-electron chi connectivity index (χ1n) is 15.0. The van der Waals surface area contributed by atoms with Crippen LogP contribution in [0.25, 0.3) is 0 Å². The van der Waals surface area contributed by atoms with Gasteiger partial charge in [-0.1, -0.05) is 20.8 Å². The van der Waals surface area contributed by atoms with Gasteiger partial charge >= 0.3 is 0 Å². The van der Waals surface area contributed by atoms with Crippen LogP contribution in [0.1, 0.15) is 65.7 Å². The SMILES string of the molecule is CC(CCC(=O)CCCl)COCC(COCC(C)CNC(=O)CCCl)(COCC(C)CNC(=O)CCCl)CC(=O)CCCl. The molecule has 43 heavy (non-hydrogen) atoms. The zero-order chi connectivity index (χ0) is 32.5. The lowest BCUT2D eigenvalue weighted by atomic mass is 9.84. The van der Waals surface area contributed by atoms with Gasteiger partial charge in [-0.05, 0) is 24.2 Å². The van der Waals surface area contributed by atoms with Crippen molar-refractivity contribution in [1.29, 1.82) is 0 Å². The fourth-order valence-corrected chi connectivity index (χ4v) is 4.85. The molecular weight excluding hydrogens is 642 g/mol. The van der Waals surface area contributed by atoms with Crippen molar-refractivity contribution in [3.8, 4) is 0 Å². The zero-order valence-corrected chi connectivity index (χ0v) is 29.1. The highest BCUT2D eigenvalue weighted by molar-refractivity contribution is 6.19. The lowest BCUT2D eigenvalue weighted by molar-refractivity contribution is -0.130. The van der Waals surface area contributed by atoms with Crippen molar-refractivity contribution in [1.82, 2.24) is 10.6 Å². The van der Waals surface area contributed by atoms with Crippen molar-refractivity contribution >= 4 is 69.8 Å². The molecule has 0 aliphatic carbocycles. The molecule has 0 bridgehead atoms. The van der Waals surface area contributed by atoms with Gasteiger partial charge in [-0.15, -0.1) is 46.4 Å². The van der Waals surface area contributed by atoms with Crippen LogP contribution in [0.3, 0.4) is 0 Å². The number of carbonyl (C=O) groups is 4. The number of hydrogen-bond donors (Lipinski definition) is 2. The van der Waals surface area contributed by atoms with Crippen molar-refractivity contribution < 1.29 is 33.4 Å². The van der Waals surface area contributed by atoms with Gasteiger partial charge in [0.2, 0.25) is 11.8 Å². The Morgan fingerprint density at radius 3 is 1.40 bits per heavy atom. The van der Waals surface area contributed by atoms with Gasteiger partial charge in [0.1, 0.15) is 11.6 Å². The summed E-state index contributed by atoms with van der Waals surface area (Å²) in [5, 5.41) is 5.68. The van der Waals surface area contributed by atoms with Crippen LogP contribution in [0, 0.1) is 23.2 Å². The number of halogens is 4. The zero-order valence-electron chi connectivity index (χ0n) is 26.0. The van der Waals surface area contributed by atoms with E-state index in [9.17, 15) is 19.2 Å². The van der Waals surface area contributed by atoms with E-state index in [1.165, 1.54) is 0 Å². The first-order chi connectivity index (χ1) is 20.5. The molecule has 0 radical (unpaired) electrons. The maximum absolute atomic E-state index is 12.9. The molecule has 0 spiro atoms. The maximum Gasteiger partial charge on any atom is 0.221 e. The normalized spacial score (nSPS) is 14.9. The second-order valence-electron chi connectivity index (χ2n) is 11.5. The minimum Gasteiger partial charge on any atom is -0.380 e. The predicted octanol–water partition coefficient (Wildman–Crippen LogP) is 4.99. The van der Waals surface area contributed by atoms with E-state index in [1.807, 2.05) is 20.8 Å². The van der Waals surface area contributed by atoms with Crippen molar-refractivity contribution in [2.75, 3.05) is 76.3 Å². The average Bonchev–Trinajstić information content (AvgIpc) is 2.94. The fraction of sp³-hybridized carbons (Fsp3) is 0.867. The number of ether oxygens (including phenoxy) is 3. The summed E-state index contributed by atoms with van der Waals surface area (Å²) < 4.78 is 18.4. The van der Waals surface area contributed by atoms with Crippen LogP contribution < -0.4 is 10.6 Å². The molecular formula is C30H52Cl4N2O7. The van der Waals surface area contributed by atoms with Gasteiger partial charge in [0.05, 0.1) is 33.0 Å². The standard InChI is InChI=1S/C30H52Cl4N2O7/c1-23(4-5-26(37)6-10-31)17-41-20-30(14-27(38)7-11-32,21-42-18-24(2)15-35-28(39)8-12-33)22-43-19-25(3)16-36-29(40)9-13-34/h23-25H,4-22H2,1-3H3,(H,35,39)(H,36,40). The van der Waals surface area contributed by atoms with Gasteiger partial charge in [-0.3, -0.25) is 19.2 Å². The first kappa shape index (κ1) is 42.3. The topological polar surface area (TPSA) is 120 Å². The highest BCUT2D eigenvalue weighted by Gasteiger charge is 2.35. The highest BCUT2D eigenvalue weighted by atomic mass is 35.5. The Balaban J connectivity index is 5.40. The number of hydrogen-bond acceptors (Lipinski definition) is 7. The summed E-state index contributed by atoms with van der Waals surface area (Å²) in [6.07, 6.45) is 2.37. The van der Waals surface area contributed by atoms with Crippen molar-refractivity contribution in [2.24, 2.45) is 23.2 Å². The fourth-order valence-electron chi connectivity index (χ4n) is 4.08. The number of alkyl halides is 4. The molecule has 0 aliphatic rings. The summed E-state index contributed by atoms with van der Waals surface area (Å²) in [5.74, 6) is 1.12. The second kappa shape index (κ2) is 26.5. The number of ketones is 2. The molecule has 9 nitrogen and oxygen atoms in total. The van der Waals surface area contributed by atoms with Crippen LogP contribution in [-0.2, 0) is 33.4 Å². The third kappa shape index (κ3) is 23.3. The van der Waals surface area contributed by atoms with Gasteiger partial charge in [-0.2, -0.15) is 0 Å². The van der Waals surface area contributed by atoms with E-state index in [-0.39, 0.29) is 104 Å². The number of carbonyl (C=O) groups excluding carboxylic acids is 4. The Hall–Kier alpha value is -0.680. The summed E-state index contributed by atoms with van der Waals surface area (Å²) >= 11 is 22.8. The van der Waals surface area contributed by atoms with E-state index < -0.39 is 5.41 Å². The molecule has 3 unspecified atom stereocenters. The Kier molecular flexibility index (Phi) is 26.1. The number of Topliss-reactive ketones (excluding diaryl/α,β-unsaturated/α-hetero) is 2. The molecule has 0 aliphatic heterocycles. The Morgan fingerprint density at radius 2 is 0.977 bits per heavy atom. The molecule has 2 amide bonds. The highest BCUT2D eigenvalue weighted by Crippen LogP contribution is 2.27. The Labute approximate surface area is 278 Å². The molecule has 0 aromatic carbocycles. The Morgan fingerprint density at radius 1 is 0.581 bits per heavy atom. The molecule has 0 saturated heterocycles. The summed E-state index contributed by atoms with van der Waals surface area (Å²) in [5.41, 5.74) is -0.777. The summed E-state index contributed by atoms with van der Waals surface area (Å²) in [7, 11) is 0. The van der Waals surface area contributed by atoms with Gasteiger partial charge in [-0.25, -0.2) is 0 Å². The minimum atomic E-state index is -0.777. The van der Waals surface area contributed by atoms with Crippen LogP contribution in [0.2, 0.25) is 0 Å². The monoisotopic (exact) mass is 692 g/mol. The second-order valence-corrected chi connectivity index (χ2v) is 13.0. The minimum absolute atomic E-state index is 0.0201.